The molecule has 3 rings (SSSR count). The Labute approximate surface area is 139 Å². The van der Waals surface area contributed by atoms with Crippen molar-refractivity contribution in [2.75, 3.05) is 22.1 Å². The molecule has 0 aromatic heterocycles. The summed E-state index contributed by atoms with van der Waals surface area (Å²) in [5.41, 5.74) is 1.82. The molecule has 6 heteroatoms. The van der Waals surface area contributed by atoms with Crippen LogP contribution in [0.1, 0.15) is 13.3 Å². The van der Waals surface area contributed by atoms with Crippen LogP contribution in [0, 0.1) is 5.82 Å². The molecule has 2 aromatic carbocycles. The molecule has 0 saturated carbocycles. The van der Waals surface area contributed by atoms with Crippen molar-refractivity contribution in [2.45, 2.75) is 19.4 Å². The second-order valence-corrected chi connectivity index (χ2v) is 5.75. The van der Waals surface area contributed by atoms with Gasteiger partial charge in [-0.2, -0.15) is 0 Å². The van der Waals surface area contributed by atoms with Gasteiger partial charge in [0.05, 0.1) is 17.9 Å². The monoisotopic (exact) mass is 327 g/mol. The predicted octanol–water partition coefficient (Wildman–Crippen LogP) is 3.00. The van der Waals surface area contributed by atoms with Crippen LogP contribution in [0.3, 0.4) is 0 Å². The molecule has 2 amide bonds. The van der Waals surface area contributed by atoms with E-state index in [1.165, 1.54) is 12.1 Å². The normalized spacial score (nSPS) is 16.8. The van der Waals surface area contributed by atoms with Crippen LogP contribution in [-0.2, 0) is 9.59 Å². The maximum atomic E-state index is 13.2. The van der Waals surface area contributed by atoms with Crippen molar-refractivity contribution >= 4 is 28.9 Å². The van der Waals surface area contributed by atoms with E-state index >= 15 is 0 Å². The molecular weight excluding hydrogens is 309 g/mol. The first-order valence-electron chi connectivity index (χ1n) is 7.75. The van der Waals surface area contributed by atoms with Gasteiger partial charge in [-0.1, -0.05) is 18.2 Å². The number of halogens is 1. The Morgan fingerprint density at radius 3 is 2.88 bits per heavy atom. The van der Waals surface area contributed by atoms with Crippen molar-refractivity contribution in [1.29, 1.82) is 0 Å². The van der Waals surface area contributed by atoms with Gasteiger partial charge in [-0.25, -0.2) is 4.39 Å². The average molecular weight is 327 g/mol. The third-order valence-electron chi connectivity index (χ3n) is 3.90. The van der Waals surface area contributed by atoms with Crippen molar-refractivity contribution in [3.63, 3.8) is 0 Å². The minimum absolute atomic E-state index is 0.0102. The number of hydrogen-bond acceptors (Lipinski definition) is 3. The van der Waals surface area contributed by atoms with E-state index in [1.807, 2.05) is 19.1 Å². The molecule has 1 heterocycles. The van der Waals surface area contributed by atoms with Crippen molar-refractivity contribution in [2.24, 2.45) is 0 Å². The summed E-state index contributed by atoms with van der Waals surface area (Å²) in [7, 11) is 0. The molecule has 124 valence electrons. The lowest BCUT2D eigenvalue weighted by molar-refractivity contribution is -0.118. The topological polar surface area (TPSA) is 61.4 Å². The number of para-hydroxylation sites is 2. The zero-order valence-electron chi connectivity index (χ0n) is 13.3. The van der Waals surface area contributed by atoms with Crippen LogP contribution < -0.4 is 15.5 Å². The van der Waals surface area contributed by atoms with E-state index in [-0.39, 0.29) is 36.6 Å². The minimum atomic E-state index is -0.365. The Morgan fingerprint density at radius 1 is 1.29 bits per heavy atom. The highest BCUT2D eigenvalue weighted by Crippen LogP contribution is 2.31. The van der Waals surface area contributed by atoms with Crippen molar-refractivity contribution in [3.05, 3.63) is 54.3 Å². The Morgan fingerprint density at radius 2 is 2.08 bits per heavy atom. The predicted molar refractivity (Wildman–Crippen MR) is 91.5 cm³/mol. The number of benzene rings is 2. The van der Waals surface area contributed by atoms with Gasteiger partial charge in [0.1, 0.15) is 5.82 Å². The summed E-state index contributed by atoms with van der Waals surface area (Å²) in [5.74, 6) is -0.671. The van der Waals surface area contributed by atoms with E-state index in [4.69, 9.17) is 0 Å². The lowest BCUT2D eigenvalue weighted by atomic mass is 10.1. The highest BCUT2D eigenvalue weighted by atomic mass is 19.1. The quantitative estimate of drug-likeness (QED) is 0.911. The Kier molecular flexibility index (Phi) is 4.46. The summed E-state index contributed by atoms with van der Waals surface area (Å²) in [6.07, 6.45) is 0.223. The fourth-order valence-corrected chi connectivity index (χ4v) is 2.83. The summed E-state index contributed by atoms with van der Waals surface area (Å²) in [4.78, 5) is 26.3. The molecule has 0 saturated heterocycles. The fraction of sp³-hybridized carbons (Fsp3) is 0.222. The number of fused-ring (bicyclic) bond motifs is 1. The van der Waals surface area contributed by atoms with Crippen molar-refractivity contribution < 1.29 is 14.0 Å². The van der Waals surface area contributed by atoms with Crippen LogP contribution in [0.5, 0.6) is 0 Å². The van der Waals surface area contributed by atoms with Crippen LogP contribution in [0.4, 0.5) is 21.5 Å². The zero-order chi connectivity index (χ0) is 17.1. The highest BCUT2D eigenvalue weighted by molar-refractivity contribution is 6.05. The first-order valence-corrected chi connectivity index (χ1v) is 7.75. The number of anilines is 3. The Balaban J connectivity index is 1.81. The van der Waals surface area contributed by atoms with E-state index in [9.17, 15) is 14.0 Å². The van der Waals surface area contributed by atoms with Crippen LogP contribution in [0.2, 0.25) is 0 Å². The Bertz CT molecular complexity index is 778. The first-order chi connectivity index (χ1) is 11.5. The summed E-state index contributed by atoms with van der Waals surface area (Å²) < 4.78 is 13.2. The lowest BCUT2D eigenvalue weighted by Crippen LogP contribution is -2.42. The van der Waals surface area contributed by atoms with Gasteiger partial charge < -0.3 is 15.5 Å². The summed E-state index contributed by atoms with van der Waals surface area (Å²) >= 11 is 0. The largest absolute Gasteiger partial charge is 0.376 e. The molecule has 2 N–H and O–H groups in total. The first kappa shape index (κ1) is 16.0. The number of carbonyl (C=O) groups excluding carboxylic acids is 2. The maximum Gasteiger partial charge on any atom is 0.246 e. The standard InChI is InChI=1S/C18H18FN3O2/c1-12-9-17(23)21-15-7-2-3-8-16(15)22(12)18(24)11-20-14-6-4-5-13(19)10-14/h2-8,10,12,20H,9,11H2,1H3,(H,21,23). The molecular formula is C18H18FN3O2. The molecule has 0 spiro atoms. The second kappa shape index (κ2) is 6.70. The number of hydrogen-bond donors (Lipinski definition) is 2. The SMILES string of the molecule is CC1CC(=O)Nc2ccccc2N1C(=O)CNc1cccc(F)c1. The number of amides is 2. The molecule has 5 nitrogen and oxygen atoms in total. The van der Waals surface area contributed by atoms with Crippen LogP contribution >= 0.6 is 0 Å². The van der Waals surface area contributed by atoms with Gasteiger partial charge in [-0.3, -0.25) is 9.59 Å². The number of nitrogens with zero attached hydrogens (tertiary/aromatic N) is 1. The molecule has 1 unspecified atom stereocenters. The molecule has 1 aliphatic heterocycles. The van der Waals surface area contributed by atoms with Crippen LogP contribution in [0.25, 0.3) is 0 Å². The van der Waals surface area contributed by atoms with Crippen molar-refractivity contribution in [3.8, 4) is 0 Å². The molecule has 0 fully saturated rings. The van der Waals surface area contributed by atoms with Crippen LogP contribution in [0.15, 0.2) is 48.5 Å². The molecule has 2 aromatic rings. The zero-order valence-corrected chi connectivity index (χ0v) is 13.3. The second-order valence-electron chi connectivity index (χ2n) is 5.75. The van der Waals surface area contributed by atoms with E-state index < -0.39 is 0 Å². The minimum Gasteiger partial charge on any atom is -0.376 e. The fourth-order valence-electron chi connectivity index (χ4n) is 2.83. The van der Waals surface area contributed by atoms with Gasteiger partial charge in [0.2, 0.25) is 11.8 Å². The number of carbonyl (C=O) groups is 2. The third-order valence-corrected chi connectivity index (χ3v) is 3.90. The van der Waals surface area contributed by atoms with E-state index in [0.29, 0.717) is 17.1 Å². The smallest absolute Gasteiger partial charge is 0.246 e. The molecule has 0 radical (unpaired) electrons. The van der Waals surface area contributed by atoms with E-state index in [2.05, 4.69) is 10.6 Å². The molecule has 24 heavy (non-hydrogen) atoms. The van der Waals surface area contributed by atoms with Gasteiger partial charge >= 0.3 is 0 Å². The number of rotatable bonds is 3. The summed E-state index contributed by atoms with van der Waals surface area (Å²) in [5, 5.41) is 5.75. The molecule has 1 aliphatic rings. The van der Waals surface area contributed by atoms with E-state index in [1.54, 1.807) is 29.2 Å². The van der Waals surface area contributed by atoms with Gasteiger partial charge in [0.15, 0.2) is 0 Å². The third kappa shape index (κ3) is 3.37. The summed E-state index contributed by atoms with van der Waals surface area (Å²) in [6.45, 7) is 1.85. The molecule has 1 atom stereocenters. The highest BCUT2D eigenvalue weighted by Gasteiger charge is 2.29. The average Bonchev–Trinajstić information content (AvgIpc) is 2.67. The van der Waals surface area contributed by atoms with Gasteiger partial charge in [-0.15, -0.1) is 0 Å². The molecule has 0 bridgehead atoms. The van der Waals surface area contributed by atoms with Crippen LogP contribution in [-0.4, -0.2) is 24.4 Å². The van der Waals surface area contributed by atoms with Gasteiger partial charge in [0, 0.05) is 18.2 Å². The number of nitrogens with one attached hydrogen (secondary N) is 2. The Hall–Kier alpha value is -2.89. The molecule has 0 aliphatic carbocycles. The summed E-state index contributed by atoms with van der Waals surface area (Å²) in [6, 6.07) is 12.9. The van der Waals surface area contributed by atoms with Crippen molar-refractivity contribution in [1.82, 2.24) is 0 Å². The van der Waals surface area contributed by atoms with Gasteiger partial charge in [-0.05, 0) is 37.3 Å². The van der Waals surface area contributed by atoms with E-state index in [0.717, 1.165) is 0 Å². The maximum absolute atomic E-state index is 13.2. The van der Waals surface area contributed by atoms with Gasteiger partial charge in [0.25, 0.3) is 0 Å². The lowest BCUT2D eigenvalue weighted by Gasteiger charge is -2.28.